The Kier molecular flexibility index (Phi) is 3.22. The third-order valence-electron chi connectivity index (χ3n) is 2.96. The molecular weight excluding hydrogens is 202 g/mol. The van der Waals surface area contributed by atoms with Crippen molar-refractivity contribution in [2.75, 3.05) is 18.9 Å². The molecule has 0 spiro atoms. The lowest BCUT2D eigenvalue weighted by Gasteiger charge is -2.16. The fourth-order valence-corrected chi connectivity index (χ4v) is 2.11. The molecule has 1 amide bonds. The number of carbonyl (C=O) groups excluding carboxylic acids is 1. The second-order valence-electron chi connectivity index (χ2n) is 4.06. The van der Waals surface area contributed by atoms with Gasteiger partial charge in [-0.1, -0.05) is 12.1 Å². The van der Waals surface area contributed by atoms with Crippen LogP contribution in [0.2, 0.25) is 0 Å². The average molecular weight is 219 g/mol. The van der Waals surface area contributed by atoms with Gasteiger partial charge < -0.3 is 16.4 Å². The molecule has 0 aromatic heterocycles. The number of rotatable bonds is 4. The summed E-state index contributed by atoms with van der Waals surface area (Å²) in [7, 11) is 1.93. The van der Waals surface area contributed by atoms with Gasteiger partial charge in [0.2, 0.25) is 5.91 Å². The van der Waals surface area contributed by atoms with Gasteiger partial charge in [-0.15, -0.1) is 0 Å². The molecule has 0 radical (unpaired) electrons. The maximum Gasteiger partial charge on any atom is 0.228 e. The van der Waals surface area contributed by atoms with Crippen molar-refractivity contribution in [3.8, 4) is 0 Å². The van der Waals surface area contributed by atoms with Crippen LogP contribution in [0.5, 0.6) is 0 Å². The third kappa shape index (κ3) is 2.08. The van der Waals surface area contributed by atoms with Crippen LogP contribution in [0.4, 0.5) is 5.69 Å². The summed E-state index contributed by atoms with van der Waals surface area (Å²) >= 11 is 0. The Morgan fingerprint density at radius 3 is 3.06 bits per heavy atom. The summed E-state index contributed by atoms with van der Waals surface area (Å²) in [5, 5.41) is 6.07. The van der Waals surface area contributed by atoms with Gasteiger partial charge in [0.15, 0.2) is 0 Å². The highest BCUT2D eigenvalue weighted by Crippen LogP contribution is 2.27. The molecule has 1 aromatic carbocycles. The molecule has 1 aromatic rings. The van der Waals surface area contributed by atoms with Gasteiger partial charge in [0.1, 0.15) is 0 Å². The number of carbonyl (C=O) groups is 1. The maximum atomic E-state index is 11.2. The second-order valence-corrected chi connectivity index (χ2v) is 4.06. The molecule has 1 aliphatic rings. The zero-order chi connectivity index (χ0) is 11.5. The predicted molar refractivity (Wildman–Crippen MR) is 64.2 cm³/mol. The van der Waals surface area contributed by atoms with Crippen LogP contribution in [0.1, 0.15) is 23.6 Å². The van der Waals surface area contributed by atoms with Crippen LogP contribution in [0.15, 0.2) is 18.2 Å². The first-order valence-corrected chi connectivity index (χ1v) is 5.54. The number of benzene rings is 1. The Bertz CT molecular complexity index is 403. The SMILES string of the molecule is CNC(CCN)c1ccc2c(c1)CC(=O)N2. The monoisotopic (exact) mass is 219 g/mol. The van der Waals surface area contributed by atoms with Gasteiger partial charge in [0.25, 0.3) is 0 Å². The highest BCUT2D eigenvalue weighted by molar-refractivity contribution is 5.99. The van der Waals surface area contributed by atoms with E-state index in [1.165, 1.54) is 5.56 Å². The Morgan fingerprint density at radius 1 is 1.56 bits per heavy atom. The number of hydrogen-bond donors (Lipinski definition) is 3. The second kappa shape index (κ2) is 4.63. The molecule has 0 bridgehead atoms. The number of anilines is 1. The summed E-state index contributed by atoms with van der Waals surface area (Å²) in [4.78, 5) is 11.2. The minimum Gasteiger partial charge on any atom is -0.330 e. The van der Waals surface area contributed by atoms with Crippen LogP contribution >= 0.6 is 0 Å². The zero-order valence-electron chi connectivity index (χ0n) is 9.42. The first-order valence-electron chi connectivity index (χ1n) is 5.54. The number of nitrogens with one attached hydrogen (secondary N) is 2. The van der Waals surface area contributed by atoms with Crippen LogP contribution < -0.4 is 16.4 Å². The molecule has 1 unspecified atom stereocenters. The molecule has 4 heteroatoms. The molecule has 16 heavy (non-hydrogen) atoms. The molecule has 4 nitrogen and oxygen atoms in total. The van der Waals surface area contributed by atoms with E-state index in [-0.39, 0.29) is 11.9 Å². The van der Waals surface area contributed by atoms with Gasteiger partial charge in [0.05, 0.1) is 6.42 Å². The van der Waals surface area contributed by atoms with Gasteiger partial charge >= 0.3 is 0 Å². The van der Waals surface area contributed by atoms with Crippen LogP contribution in [0.3, 0.4) is 0 Å². The number of fused-ring (bicyclic) bond motifs is 1. The van der Waals surface area contributed by atoms with Crippen molar-refractivity contribution in [3.05, 3.63) is 29.3 Å². The van der Waals surface area contributed by atoms with E-state index in [4.69, 9.17) is 5.73 Å². The topological polar surface area (TPSA) is 67.1 Å². The van der Waals surface area contributed by atoms with E-state index < -0.39 is 0 Å². The minimum atomic E-state index is 0.0759. The number of nitrogens with two attached hydrogens (primary N) is 1. The molecule has 0 fully saturated rings. The lowest BCUT2D eigenvalue weighted by molar-refractivity contribution is -0.115. The average Bonchev–Trinajstić information content (AvgIpc) is 2.64. The first-order chi connectivity index (χ1) is 7.74. The largest absolute Gasteiger partial charge is 0.330 e. The van der Waals surface area contributed by atoms with Crippen molar-refractivity contribution in [1.29, 1.82) is 0 Å². The fourth-order valence-electron chi connectivity index (χ4n) is 2.11. The van der Waals surface area contributed by atoms with Crippen molar-refractivity contribution in [3.63, 3.8) is 0 Å². The molecule has 1 heterocycles. The van der Waals surface area contributed by atoms with Gasteiger partial charge in [-0.2, -0.15) is 0 Å². The Labute approximate surface area is 95.2 Å². The molecule has 0 aliphatic carbocycles. The van der Waals surface area contributed by atoms with Crippen molar-refractivity contribution in [2.24, 2.45) is 5.73 Å². The third-order valence-corrected chi connectivity index (χ3v) is 2.96. The quantitative estimate of drug-likeness (QED) is 0.701. The van der Waals surface area contributed by atoms with E-state index in [1.54, 1.807) is 0 Å². The fraction of sp³-hybridized carbons (Fsp3) is 0.417. The number of amides is 1. The highest BCUT2D eigenvalue weighted by atomic mass is 16.1. The summed E-state index contributed by atoms with van der Waals surface area (Å²) in [6.07, 6.45) is 1.39. The van der Waals surface area contributed by atoms with Crippen molar-refractivity contribution < 1.29 is 4.79 Å². The van der Waals surface area contributed by atoms with Crippen LogP contribution in [0, 0.1) is 0 Å². The van der Waals surface area contributed by atoms with E-state index in [0.29, 0.717) is 13.0 Å². The van der Waals surface area contributed by atoms with Gasteiger partial charge in [-0.05, 0) is 37.2 Å². The molecule has 0 saturated carbocycles. The van der Waals surface area contributed by atoms with Gasteiger partial charge in [0, 0.05) is 11.7 Å². The number of hydrogen-bond acceptors (Lipinski definition) is 3. The summed E-state index contributed by atoms with van der Waals surface area (Å²) < 4.78 is 0. The van der Waals surface area contributed by atoms with E-state index >= 15 is 0 Å². The Hall–Kier alpha value is -1.39. The van der Waals surface area contributed by atoms with Crippen molar-refractivity contribution in [2.45, 2.75) is 18.9 Å². The van der Waals surface area contributed by atoms with E-state index in [2.05, 4.69) is 16.7 Å². The Morgan fingerprint density at radius 2 is 2.38 bits per heavy atom. The van der Waals surface area contributed by atoms with Crippen molar-refractivity contribution in [1.82, 2.24) is 5.32 Å². The molecule has 0 saturated heterocycles. The van der Waals surface area contributed by atoms with Crippen LogP contribution in [-0.4, -0.2) is 19.5 Å². The molecule has 4 N–H and O–H groups in total. The van der Waals surface area contributed by atoms with Gasteiger partial charge in [-0.3, -0.25) is 4.79 Å². The normalized spacial score (nSPS) is 15.8. The molecule has 86 valence electrons. The molecular formula is C12H17N3O. The van der Waals surface area contributed by atoms with Crippen LogP contribution in [0.25, 0.3) is 0 Å². The zero-order valence-corrected chi connectivity index (χ0v) is 9.42. The molecule has 1 aliphatic heterocycles. The van der Waals surface area contributed by atoms with Gasteiger partial charge in [-0.25, -0.2) is 0 Å². The maximum absolute atomic E-state index is 11.2. The smallest absolute Gasteiger partial charge is 0.228 e. The highest BCUT2D eigenvalue weighted by Gasteiger charge is 2.19. The summed E-state index contributed by atoms with van der Waals surface area (Å²) in [6, 6.07) is 6.37. The summed E-state index contributed by atoms with van der Waals surface area (Å²) in [5.74, 6) is 0.0759. The van der Waals surface area contributed by atoms with E-state index in [9.17, 15) is 4.79 Å². The minimum absolute atomic E-state index is 0.0759. The first kappa shape index (κ1) is 11.1. The summed E-state index contributed by atoms with van der Waals surface area (Å²) in [5.41, 5.74) is 8.79. The van der Waals surface area contributed by atoms with E-state index in [1.807, 2.05) is 19.2 Å². The van der Waals surface area contributed by atoms with Crippen molar-refractivity contribution >= 4 is 11.6 Å². The standard InChI is InChI=1S/C12H17N3O/c1-14-10(4-5-13)8-2-3-11-9(6-8)7-12(16)15-11/h2-3,6,10,14H,4-5,7,13H2,1H3,(H,15,16). The van der Waals surface area contributed by atoms with Crippen LogP contribution in [-0.2, 0) is 11.2 Å². The summed E-state index contributed by atoms with van der Waals surface area (Å²) in [6.45, 7) is 0.653. The lowest BCUT2D eigenvalue weighted by Crippen LogP contribution is -2.19. The lowest BCUT2D eigenvalue weighted by atomic mass is 10.0. The molecule has 2 rings (SSSR count). The Balaban J connectivity index is 2.24. The predicted octanol–water partition coefficient (Wildman–Crippen LogP) is 0.791. The molecule has 1 atom stereocenters. The van der Waals surface area contributed by atoms with E-state index in [0.717, 1.165) is 17.7 Å².